The molecule has 0 unspecified atom stereocenters. The Morgan fingerprint density at radius 2 is 2.11 bits per heavy atom. The second-order valence-corrected chi connectivity index (χ2v) is 4.54. The summed E-state index contributed by atoms with van der Waals surface area (Å²) in [6.45, 7) is 5.36. The summed E-state index contributed by atoms with van der Waals surface area (Å²) in [6.07, 6.45) is 4.93. The van der Waals surface area contributed by atoms with E-state index in [2.05, 4.69) is 32.3 Å². The van der Waals surface area contributed by atoms with E-state index in [0.29, 0.717) is 0 Å². The largest absolute Gasteiger partial charge is 0.378 e. The summed E-state index contributed by atoms with van der Waals surface area (Å²) in [6, 6.07) is 2.10. The van der Waals surface area contributed by atoms with Crippen molar-refractivity contribution in [3.8, 4) is 0 Å². The van der Waals surface area contributed by atoms with Gasteiger partial charge in [-0.2, -0.15) is 0 Å². The van der Waals surface area contributed by atoms with E-state index in [4.69, 9.17) is 4.74 Å². The third-order valence-corrected chi connectivity index (χ3v) is 3.38. The fourth-order valence-corrected chi connectivity index (χ4v) is 2.34. The molecule has 0 bridgehead atoms. The lowest BCUT2D eigenvalue weighted by atomic mass is 10.1. The molecule has 1 aromatic rings. The molecular weight excluding hydrogens is 228 g/mol. The van der Waals surface area contributed by atoms with Gasteiger partial charge in [-0.15, -0.1) is 0 Å². The second kappa shape index (κ2) is 5.46. The zero-order chi connectivity index (χ0) is 12.2. The summed E-state index contributed by atoms with van der Waals surface area (Å²) in [7, 11) is 0. The van der Waals surface area contributed by atoms with Crippen molar-refractivity contribution >= 4 is 11.4 Å². The molecule has 3 heterocycles. The SMILES string of the molecule is C1=C(c2cc(N3CCOCC3)ncn2)CCNC1. The first kappa shape index (κ1) is 11.6. The van der Waals surface area contributed by atoms with Crippen LogP contribution in [0.2, 0.25) is 0 Å². The molecule has 2 aliphatic heterocycles. The van der Waals surface area contributed by atoms with Crippen LogP contribution in [0.4, 0.5) is 5.82 Å². The van der Waals surface area contributed by atoms with E-state index in [9.17, 15) is 0 Å². The average Bonchev–Trinajstić information content (AvgIpc) is 2.49. The Morgan fingerprint density at radius 3 is 2.89 bits per heavy atom. The van der Waals surface area contributed by atoms with Crippen molar-refractivity contribution in [3.63, 3.8) is 0 Å². The first-order valence-electron chi connectivity index (χ1n) is 6.48. The van der Waals surface area contributed by atoms with Crippen molar-refractivity contribution in [2.24, 2.45) is 0 Å². The average molecular weight is 246 g/mol. The highest BCUT2D eigenvalue weighted by molar-refractivity contribution is 5.65. The van der Waals surface area contributed by atoms with Gasteiger partial charge in [0.2, 0.25) is 0 Å². The van der Waals surface area contributed by atoms with E-state index < -0.39 is 0 Å². The maximum Gasteiger partial charge on any atom is 0.132 e. The fraction of sp³-hybridized carbons (Fsp3) is 0.538. The first-order valence-corrected chi connectivity index (χ1v) is 6.48. The highest BCUT2D eigenvalue weighted by atomic mass is 16.5. The van der Waals surface area contributed by atoms with Gasteiger partial charge in [0.25, 0.3) is 0 Å². The van der Waals surface area contributed by atoms with E-state index in [1.807, 2.05) is 0 Å². The Morgan fingerprint density at radius 1 is 1.22 bits per heavy atom. The number of rotatable bonds is 2. The Kier molecular flexibility index (Phi) is 3.52. The minimum atomic E-state index is 0.784. The van der Waals surface area contributed by atoms with Crippen molar-refractivity contribution < 1.29 is 4.74 Å². The molecule has 1 N–H and O–H groups in total. The zero-order valence-corrected chi connectivity index (χ0v) is 10.4. The molecule has 0 amide bonds. The molecule has 5 heteroatoms. The van der Waals surface area contributed by atoms with Crippen LogP contribution in [0.15, 0.2) is 18.5 Å². The molecule has 18 heavy (non-hydrogen) atoms. The summed E-state index contributed by atoms with van der Waals surface area (Å²) < 4.78 is 5.36. The van der Waals surface area contributed by atoms with Crippen LogP contribution in [0.5, 0.6) is 0 Å². The fourth-order valence-electron chi connectivity index (χ4n) is 2.34. The van der Waals surface area contributed by atoms with Crippen LogP contribution in [-0.4, -0.2) is 49.4 Å². The van der Waals surface area contributed by atoms with Crippen LogP contribution in [-0.2, 0) is 4.74 Å². The molecular formula is C13H18N4O. The van der Waals surface area contributed by atoms with Crippen molar-refractivity contribution in [1.82, 2.24) is 15.3 Å². The number of aromatic nitrogens is 2. The molecule has 1 fully saturated rings. The number of morpholine rings is 1. The Bertz CT molecular complexity index is 440. The summed E-state index contributed by atoms with van der Waals surface area (Å²) in [5.74, 6) is 1.02. The van der Waals surface area contributed by atoms with E-state index in [1.165, 1.54) is 5.57 Å². The maximum absolute atomic E-state index is 5.36. The summed E-state index contributed by atoms with van der Waals surface area (Å²) in [4.78, 5) is 11.0. The number of hydrogen-bond acceptors (Lipinski definition) is 5. The van der Waals surface area contributed by atoms with E-state index in [1.54, 1.807) is 6.33 Å². The van der Waals surface area contributed by atoms with Crippen LogP contribution < -0.4 is 10.2 Å². The third kappa shape index (κ3) is 2.52. The molecule has 0 atom stereocenters. The number of nitrogens with one attached hydrogen (secondary N) is 1. The molecule has 5 nitrogen and oxygen atoms in total. The van der Waals surface area contributed by atoms with Gasteiger partial charge in [0.05, 0.1) is 18.9 Å². The molecule has 0 aliphatic carbocycles. The van der Waals surface area contributed by atoms with Crippen LogP contribution in [0.3, 0.4) is 0 Å². The number of anilines is 1. The molecule has 0 spiro atoms. The quantitative estimate of drug-likeness (QED) is 0.832. The molecule has 96 valence electrons. The summed E-state index contributed by atoms with van der Waals surface area (Å²) in [5, 5.41) is 3.32. The molecule has 0 saturated carbocycles. The lowest BCUT2D eigenvalue weighted by Gasteiger charge is -2.28. The van der Waals surface area contributed by atoms with Crippen molar-refractivity contribution in [1.29, 1.82) is 0 Å². The molecule has 0 aromatic carbocycles. The van der Waals surface area contributed by atoms with Crippen LogP contribution in [0, 0.1) is 0 Å². The van der Waals surface area contributed by atoms with Gasteiger partial charge in [-0.05, 0) is 18.5 Å². The molecule has 0 radical (unpaired) electrons. The molecule has 1 saturated heterocycles. The normalized spacial score (nSPS) is 20.7. The van der Waals surface area contributed by atoms with Gasteiger partial charge in [-0.25, -0.2) is 9.97 Å². The van der Waals surface area contributed by atoms with E-state index in [0.717, 1.165) is 57.3 Å². The monoisotopic (exact) mass is 246 g/mol. The van der Waals surface area contributed by atoms with Gasteiger partial charge >= 0.3 is 0 Å². The van der Waals surface area contributed by atoms with Gasteiger partial charge < -0.3 is 15.0 Å². The van der Waals surface area contributed by atoms with Crippen molar-refractivity contribution in [3.05, 3.63) is 24.2 Å². The molecule has 3 rings (SSSR count). The summed E-state index contributed by atoms with van der Waals surface area (Å²) in [5.41, 5.74) is 2.39. The number of ether oxygens (including phenoxy) is 1. The minimum Gasteiger partial charge on any atom is -0.378 e. The molecule has 2 aliphatic rings. The standard InChI is InChI=1S/C13H18N4O/c1-3-14-4-2-11(1)12-9-13(16-10-15-12)17-5-7-18-8-6-17/h1,9-10,14H,2-8H2. The van der Waals surface area contributed by atoms with Gasteiger partial charge in [0.1, 0.15) is 12.1 Å². The van der Waals surface area contributed by atoms with Crippen molar-refractivity contribution in [2.45, 2.75) is 6.42 Å². The van der Waals surface area contributed by atoms with E-state index >= 15 is 0 Å². The van der Waals surface area contributed by atoms with Crippen LogP contribution in [0.1, 0.15) is 12.1 Å². The first-order chi connectivity index (χ1) is 8.93. The highest BCUT2D eigenvalue weighted by Gasteiger charge is 2.14. The maximum atomic E-state index is 5.36. The van der Waals surface area contributed by atoms with Crippen LogP contribution >= 0.6 is 0 Å². The number of nitrogens with zero attached hydrogens (tertiary/aromatic N) is 3. The number of hydrogen-bond donors (Lipinski definition) is 1. The predicted molar refractivity (Wildman–Crippen MR) is 70.5 cm³/mol. The predicted octanol–water partition coefficient (Wildman–Crippen LogP) is 0.690. The van der Waals surface area contributed by atoms with Gasteiger partial charge in [0, 0.05) is 25.7 Å². The van der Waals surface area contributed by atoms with Crippen molar-refractivity contribution in [2.75, 3.05) is 44.3 Å². The Labute approximate surface area is 107 Å². The van der Waals surface area contributed by atoms with Crippen LogP contribution in [0.25, 0.3) is 5.57 Å². The Balaban J connectivity index is 1.81. The highest BCUT2D eigenvalue weighted by Crippen LogP contribution is 2.21. The second-order valence-electron chi connectivity index (χ2n) is 4.54. The van der Waals surface area contributed by atoms with Gasteiger partial charge in [-0.3, -0.25) is 0 Å². The lowest BCUT2D eigenvalue weighted by molar-refractivity contribution is 0.122. The Hall–Kier alpha value is -1.46. The minimum absolute atomic E-state index is 0.784. The van der Waals surface area contributed by atoms with E-state index in [-0.39, 0.29) is 0 Å². The van der Waals surface area contributed by atoms with Gasteiger partial charge in [0.15, 0.2) is 0 Å². The third-order valence-electron chi connectivity index (χ3n) is 3.38. The lowest BCUT2D eigenvalue weighted by Crippen LogP contribution is -2.36. The summed E-state index contributed by atoms with van der Waals surface area (Å²) >= 11 is 0. The zero-order valence-electron chi connectivity index (χ0n) is 10.4. The topological polar surface area (TPSA) is 50.3 Å². The smallest absolute Gasteiger partial charge is 0.132 e. The van der Waals surface area contributed by atoms with Gasteiger partial charge in [-0.1, -0.05) is 6.08 Å². The molecule has 1 aromatic heterocycles.